The van der Waals surface area contributed by atoms with Crippen LogP contribution in [0.4, 0.5) is 26.3 Å². The molecule has 29 heavy (non-hydrogen) atoms. The Labute approximate surface area is 169 Å². The second-order valence-electron chi connectivity index (χ2n) is 7.78. The van der Waals surface area contributed by atoms with E-state index in [1.54, 1.807) is 7.11 Å². The fourth-order valence-corrected chi connectivity index (χ4v) is 3.65. The molecule has 2 fully saturated rings. The van der Waals surface area contributed by atoms with Gasteiger partial charge in [0.05, 0.1) is 18.4 Å². The molecule has 0 aromatic rings. The molecule has 6 N–H and O–H groups in total. The van der Waals surface area contributed by atoms with Crippen molar-refractivity contribution in [3.8, 4) is 0 Å². The molecule has 0 aliphatic heterocycles. The quantitative estimate of drug-likeness (QED) is 0.575. The highest BCUT2D eigenvalue weighted by Gasteiger charge is 2.42. The summed E-state index contributed by atoms with van der Waals surface area (Å²) in [6, 6.07) is 0. The average molecular weight is 438 g/mol. The monoisotopic (exact) mass is 437 g/mol. The first kappa shape index (κ1) is 28.4. The fourth-order valence-electron chi connectivity index (χ4n) is 3.65. The molecule has 2 rings (SSSR count). The Morgan fingerprint density at radius 3 is 1.59 bits per heavy atom. The van der Waals surface area contributed by atoms with Gasteiger partial charge in [0.15, 0.2) is 0 Å². The molecular formula is C19H37F6N3O. The summed E-state index contributed by atoms with van der Waals surface area (Å²) in [6.07, 6.45) is -4.11. The number of alkyl halides is 6. The first-order chi connectivity index (χ1) is 13.5. The molecule has 0 aromatic heterocycles. The zero-order valence-electron chi connectivity index (χ0n) is 17.2. The molecule has 0 radical (unpaired) electrons. The van der Waals surface area contributed by atoms with E-state index in [2.05, 4.69) is 4.74 Å². The Kier molecular flexibility index (Phi) is 14.1. The average Bonchev–Trinajstić information content (AvgIpc) is 2.68. The van der Waals surface area contributed by atoms with Gasteiger partial charge in [0, 0.05) is 13.7 Å². The highest BCUT2D eigenvalue weighted by Crippen LogP contribution is 2.40. The molecule has 176 valence electrons. The van der Waals surface area contributed by atoms with E-state index >= 15 is 0 Å². The minimum atomic E-state index is -4.01. The van der Waals surface area contributed by atoms with Gasteiger partial charge in [-0.15, -0.1) is 0 Å². The van der Waals surface area contributed by atoms with Crippen LogP contribution in [0.2, 0.25) is 0 Å². The van der Waals surface area contributed by atoms with Crippen molar-refractivity contribution in [3.63, 3.8) is 0 Å². The minimum Gasteiger partial charge on any atom is -0.383 e. The number of hydrogen-bond acceptors (Lipinski definition) is 4. The van der Waals surface area contributed by atoms with E-state index in [4.69, 9.17) is 17.2 Å². The lowest BCUT2D eigenvalue weighted by atomic mass is 9.81. The highest BCUT2D eigenvalue weighted by molar-refractivity contribution is 4.78. The largest absolute Gasteiger partial charge is 0.391 e. The Bertz CT molecular complexity index is 396. The zero-order valence-corrected chi connectivity index (χ0v) is 17.2. The summed E-state index contributed by atoms with van der Waals surface area (Å²) in [5, 5.41) is 0. The number of hydrogen-bond donors (Lipinski definition) is 3. The second-order valence-corrected chi connectivity index (χ2v) is 7.78. The van der Waals surface area contributed by atoms with Crippen molar-refractivity contribution in [1.29, 1.82) is 0 Å². The molecule has 2 unspecified atom stereocenters. The van der Waals surface area contributed by atoms with Gasteiger partial charge >= 0.3 is 12.4 Å². The van der Waals surface area contributed by atoms with Crippen molar-refractivity contribution in [2.24, 2.45) is 40.9 Å². The first-order valence-electron chi connectivity index (χ1n) is 10.2. The number of ether oxygens (including phenoxy) is 1. The van der Waals surface area contributed by atoms with Gasteiger partial charge in [0.1, 0.15) is 0 Å². The molecule has 4 nitrogen and oxygen atoms in total. The third-order valence-corrected chi connectivity index (χ3v) is 5.54. The Balaban J connectivity index is 0.000000442. The molecule has 0 amide bonds. The maximum atomic E-state index is 12.2. The van der Waals surface area contributed by atoms with Crippen LogP contribution in [0.25, 0.3) is 0 Å². The van der Waals surface area contributed by atoms with Gasteiger partial charge in [-0.25, -0.2) is 0 Å². The van der Waals surface area contributed by atoms with Crippen LogP contribution in [0, 0.1) is 23.7 Å². The molecule has 2 atom stereocenters. The van der Waals surface area contributed by atoms with Gasteiger partial charge in [-0.3, -0.25) is 0 Å². The summed E-state index contributed by atoms with van der Waals surface area (Å²) in [5.74, 6) is -1.76. The lowest BCUT2D eigenvalue weighted by Gasteiger charge is -2.29. The lowest BCUT2D eigenvalue weighted by Crippen LogP contribution is -2.31. The van der Waals surface area contributed by atoms with Crippen LogP contribution < -0.4 is 17.2 Å². The molecule has 0 bridgehead atoms. The standard InChI is InChI=1S/2C8H14F3N.C3H9NO/c9-8(10,11)7-3-1-6(5-12)2-4-7;9-8(10,11)7-3-1-2-6(4-7)5-12;1-5-3-2-4/h2*6-7H,1-5,12H2;2-4H2,1H3. The highest BCUT2D eigenvalue weighted by atomic mass is 19.4. The Morgan fingerprint density at radius 2 is 1.24 bits per heavy atom. The van der Waals surface area contributed by atoms with Crippen molar-refractivity contribution in [2.75, 3.05) is 33.4 Å². The third-order valence-electron chi connectivity index (χ3n) is 5.54. The number of halogens is 6. The van der Waals surface area contributed by atoms with Gasteiger partial charge in [-0.1, -0.05) is 6.42 Å². The van der Waals surface area contributed by atoms with Gasteiger partial charge < -0.3 is 21.9 Å². The van der Waals surface area contributed by atoms with Gasteiger partial charge in [0.25, 0.3) is 0 Å². The van der Waals surface area contributed by atoms with E-state index in [9.17, 15) is 26.3 Å². The summed E-state index contributed by atoms with van der Waals surface area (Å²) in [7, 11) is 1.63. The predicted octanol–water partition coefficient (Wildman–Crippen LogP) is 4.22. The topological polar surface area (TPSA) is 87.3 Å². The van der Waals surface area contributed by atoms with Crippen molar-refractivity contribution in [1.82, 2.24) is 0 Å². The van der Waals surface area contributed by atoms with Crippen LogP contribution in [0.3, 0.4) is 0 Å². The van der Waals surface area contributed by atoms with Crippen LogP contribution in [-0.4, -0.2) is 45.7 Å². The molecule has 10 heteroatoms. The Morgan fingerprint density at radius 1 is 0.724 bits per heavy atom. The van der Waals surface area contributed by atoms with Crippen molar-refractivity contribution in [3.05, 3.63) is 0 Å². The number of nitrogens with two attached hydrogens (primary N) is 3. The van der Waals surface area contributed by atoms with Crippen molar-refractivity contribution >= 4 is 0 Å². The van der Waals surface area contributed by atoms with E-state index < -0.39 is 24.2 Å². The van der Waals surface area contributed by atoms with Crippen molar-refractivity contribution < 1.29 is 31.1 Å². The second kappa shape index (κ2) is 14.4. The number of methoxy groups -OCH3 is 1. The molecule has 0 spiro atoms. The predicted molar refractivity (Wildman–Crippen MR) is 102 cm³/mol. The van der Waals surface area contributed by atoms with Crippen LogP contribution in [0.15, 0.2) is 0 Å². The summed E-state index contributed by atoms with van der Waals surface area (Å²) in [5.41, 5.74) is 15.7. The van der Waals surface area contributed by atoms with Crippen LogP contribution >= 0.6 is 0 Å². The summed E-state index contributed by atoms with van der Waals surface area (Å²) in [6.45, 7) is 2.22. The van der Waals surface area contributed by atoms with Gasteiger partial charge in [-0.2, -0.15) is 26.3 Å². The molecule has 2 aliphatic rings. The molecular weight excluding hydrogens is 400 g/mol. The summed E-state index contributed by atoms with van der Waals surface area (Å²) < 4.78 is 77.6. The van der Waals surface area contributed by atoms with Crippen LogP contribution in [0.1, 0.15) is 51.4 Å². The molecule has 0 aromatic carbocycles. The van der Waals surface area contributed by atoms with Crippen LogP contribution in [0.5, 0.6) is 0 Å². The normalized spacial score (nSPS) is 27.9. The molecule has 0 heterocycles. The smallest absolute Gasteiger partial charge is 0.383 e. The summed E-state index contributed by atoms with van der Waals surface area (Å²) in [4.78, 5) is 0. The van der Waals surface area contributed by atoms with E-state index in [0.29, 0.717) is 57.8 Å². The fraction of sp³-hybridized carbons (Fsp3) is 1.00. The van der Waals surface area contributed by atoms with Gasteiger partial charge in [0.2, 0.25) is 0 Å². The maximum Gasteiger partial charge on any atom is 0.391 e. The van der Waals surface area contributed by atoms with Gasteiger partial charge in [-0.05, 0) is 69.9 Å². The number of rotatable bonds is 4. The minimum absolute atomic E-state index is 0.0883. The summed E-state index contributed by atoms with van der Waals surface area (Å²) >= 11 is 0. The molecule has 2 saturated carbocycles. The molecule has 0 saturated heterocycles. The Hall–Kier alpha value is -0.580. The van der Waals surface area contributed by atoms with E-state index in [0.717, 1.165) is 6.42 Å². The maximum absolute atomic E-state index is 12.2. The zero-order chi connectivity index (χ0) is 22.5. The lowest BCUT2D eigenvalue weighted by molar-refractivity contribution is -0.185. The molecule has 2 aliphatic carbocycles. The van der Waals surface area contributed by atoms with Crippen molar-refractivity contribution in [2.45, 2.75) is 63.7 Å². The van der Waals surface area contributed by atoms with E-state index in [1.807, 2.05) is 0 Å². The van der Waals surface area contributed by atoms with E-state index in [1.165, 1.54) is 0 Å². The third kappa shape index (κ3) is 12.7. The van der Waals surface area contributed by atoms with E-state index in [-0.39, 0.29) is 25.2 Å². The SMILES string of the molecule is COCCN.NCC1CCC(C(F)(F)F)CC1.NCC1CCCC(C(F)(F)F)C1. The first-order valence-corrected chi connectivity index (χ1v) is 10.2. The van der Waals surface area contributed by atoms with Crippen LogP contribution in [-0.2, 0) is 4.74 Å².